The van der Waals surface area contributed by atoms with Crippen LogP contribution in [-0.2, 0) is 0 Å². The monoisotopic (exact) mass is 251 g/mol. The van der Waals surface area contributed by atoms with E-state index in [1.165, 1.54) is 18.0 Å². The molecular formula is C11H14FN5O. The van der Waals surface area contributed by atoms with E-state index < -0.39 is 5.82 Å². The molecule has 6 nitrogen and oxygen atoms in total. The molecule has 0 radical (unpaired) electrons. The van der Waals surface area contributed by atoms with Gasteiger partial charge in [0.25, 0.3) is 0 Å². The largest absolute Gasteiger partial charge is 0.493 e. The van der Waals surface area contributed by atoms with E-state index in [1.807, 2.05) is 6.92 Å². The molecule has 0 unspecified atom stereocenters. The molecule has 0 atom stereocenters. The Labute approximate surface area is 104 Å². The number of hydrogen-bond donors (Lipinski definition) is 1. The van der Waals surface area contributed by atoms with E-state index in [9.17, 15) is 4.39 Å². The third kappa shape index (κ3) is 2.55. The molecule has 0 spiro atoms. The predicted octanol–water partition coefficient (Wildman–Crippen LogP) is 1.63. The van der Waals surface area contributed by atoms with E-state index in [-0.39, 0.29) is 5.82 Å². The van der Waals surface area contributed by atoms with E-state index in [0.717, 1.165) is 19.2 Å². The molecule has 2 aromatic heterocycles. The van der Waals surface area contributed by atoms with Gasteiger partial charge in [-0.3, -0.25) is 0 Å². The van der Waals surface area contributed by atoms with Crippen LogP contribution in [0.25, 0.3) is 5.82 Å². The van der Waals surface area contributed by atoms with Crippen molar-refractivity contribution in [2.24, 2.45) is 0 Å². The summed E-state index contributed by atoms with van der Waals surface area (Å²) in [4.78, 5) is 7.93. The molecule has 0 amide bonds. The van der Waals surface area contributed by atoms with Crippen molar-refractivity contribution < 1.29 is 9.13 Å². The molecule has 96 valence electrons. The van der Waals surface area contributed by atoms with Gasteiger partial charge in [-0.15, -0.1) is 0 Å². The summed E-state index contributed by atoms with van der Waals surface area (Å²) in [7, 11) is 1.52. The molecule has 2 rings (SSSR count). The maximum atomic E-state index is 13.6. The van der Waals surface area contributed by atoms with Gasteiger partial charge in [0, 0.05) is 6.54 Å². The van der Waals surface area contributed by atoms with Crippen LogP contribution in [0.4, 0.5) is 10.3 Å². The topological polar surface area (TPSA) is 64.9 Å². The number of anilines is 1. The highest BCUT2D eigenvalue weighted by Crippen LogP contribution is 2.15. The molecular weight excluding hydrogens is 237 g/mol. The van der Waals surface area contributed by atoms with Crippen molar-refractivity contribution in [3.8, 4) is 11.6 Å². The van der Waals surface area contributed by atoms with E-state index in [1.54, 1.807) is 6.20 Å². The molecule has 0 aliphatic heterocycles. The standard InChI is InChI=1S/C11H14FN5O/c1-3-4-13-11-14-6-9(12)10(16-11)17-7-8(18-2)5-15-17/h5-7H,3-4H2,1-2H3,(H,13,14,16). The number of methoxy groups -OCH3 is 1. The van der Waals surface area contributed by atoms with Gasteiger partial charge in [-0.2, -0.15) is 10.1 Å². The number of ether oxygens (including phenoxy) is 1. The van der Waals surface area contributed by atoms with Crippen LogP contribution in [0, 0.1) is 5.82 Å². The molecule has 7 heteroatoms. The molecule has 0 aliphatic carbocycles. The lowest BCUT2D eigenvalue weighted by atomic mass is 10.5. The zero-order valence-electron chi connectivity index (χ0n) is 10.2. The average molecular weight is 251 g/mol. The van der Waals surface area contributed by atoms with Gasteiger partial charge in [-0.25, -0.2) is 14.1 Å². The zero-order chi connectivity index (χ0) is 13.0. The SMILES string of the molecule is CCCNc1ncc(F)c(-n2cc(OC)cn2)n1. The van der Waals surface area contributed by atoms with Crippen LogP contribution in [-0.4, -0.2) is 33.4 Å². The van der Waals surface area contributed by atoms with E-state index in [0.29, 0.717) is 11.7 Å². The second-order valence-corrected chi connectivity index (χ2v) is 3.62. The first kappa shape index (κ1) is 12.3. The molecule has 0 bridgehead atoms. The van der Waals surface area contributed by atoms with E-state index >= 15 is 0 Å². The fraction of sp³-hybridized carbons (Fsp3) is 0.364. The fourth-order valence-corrected chi connectivity index (χ4v) is 1.37. The van der Waals surface area contributed by atoms with Crippen LogP contribution < -0.4 is 10.1 Å². The number of aromatic nitrogens is 4. The summed E-state index contributed by atoms with van der Waals surface area (Å²) in [6.07, 6.45) is 5.09. The van der Waals surface area contributed by atoms with Crippen LogP contribution in [0.5, 0.6) is 5.75 Å². The summed E-state index contributed by atoms with van der Waals surface area (Å²) in [5.74, 6) is 0.466. The van der Waals surface area contributed by atoms with Gasteiger partial charge < -0.3 is 10.1 Å². The Morgan fingerprint density at radius 2 is 2.28 bits per heavy atom. The Hall–Kier alpha value is -2.18. The molecule has 1 N–H and O–H groups in total. The molecule has 18 heavy (non-hydrogen) atoms. The Balaban J connectivity index is 2.30. The van der Waals surface area contributed by atoms with Gasteiger partial charge in [-0.05, 0) is 6.42 Å². The predicted molar refractivity (Wildman–Crippen MR) is 64.4 cm³/mol. The third-order valence-corrected chi connectivity index (χ3v) is 2.27. The number of hydrogen-bond acceptors (Lipinski definition) is 5. The lowest BCUT2D eigenvalue weighted by Crippen LogP contribution is -2.09. The normalized spacial score (nSPS) is 10.4. The zero-order valence-corrected chi connectivity index (χ0v) is 10.2. The molecule has 2 aromatic rings. The first-order chi connectivity index (χ1) is 8.74. The second kappa shape index (κ2) is 5.44. The maximum Gasteiger partial charge on any atom is 0.224 e. The molecule has 0 saturated carbocycles. The number of nitrogens with zero attached hydrogens (tertiary/aromatic N) is 4. The van der Waals surface area contributed by atoms with Gasteiger partial charge in [-0.1, -0.05) is 6.92 Å². The van der Waals surface area contributed by atoms with Crippen molar-refractivity contribution in [3.05, 3.63) is 24.4 Å². The van der Waals surface area contributed by atoms with Gasteiger partial charge in [0.05, 0.1) is 25.7 Å². The lowest BCUT2D eigenvalue weighted by Gasteiger charge is -2.06. The summed E-state index contributed by atoms with van der Waals surface area (Å²) in [6, 6.07) is 0. The van der Waals surface area contributed by atoms with Gasteiger partial charge >= 0.3 is 0 Å². The Morgan fingerprint density at radius 1 is 1.44 bits per heavy atom. The minimum absolute atomic E-state index is 0.0897. The first-order valence-electron chi connectivity index (χ1n) is 5.60. The summed E-state index contributed by atoms with van der Waals surface area (Å²) in [6.45, 7) is 2.75. The summed E-state index contributed by atoms with van der Waals surface area (Å²) >= 11 is 0. The van der Waals surface area contributed by atoms with Crippen LogP contribution in [0.3, 0.4) is 0 Å². The summed E-state index contributed by atoms with van der Waals surface area (Å²) in [5.41, 5.74) is 0. The highest BCUT2D eigenvalue weighted by Gasteiger charge is 2.10. The first-order valence-corrected chi connectivity index (χ1v) is 5.60. The summed E-state index contributed by atoms with van der Waals surface area (Å²) < 4.78 is 19.9. The minimum atomic E-state index is -0.539. The van der Waals surface area contributed by atoms with Crippen molar-refractivity contribution >= 4 is 5.95 Å². The van der Waals surface area contributed by atoms with Crippen LogP contribution in [0.15, 0.2) is 18.6 Å². The van der Waals surface area contributed by atoms with Gasteiger partial charge in [0.2, 0.25) is 5.95 Å². The van der Waals surface area contributed by atoms with E-state index in [2.05, 4.69) is 20.4 Å². The van der Waals surface area contributed by atoms with Crippen molar-refractivity contribution in [2.75, 3.05) is 19.0 Å². The Morgan fingerprint density at radius 3 is 2.94 bits per heavy atom. The third-order valence-electron chi connectivity index (χ3n) is 2.27. The van der Waals surface area contributed by atoms with Crippen LogP contribution in [0.2, 0.25) is 0 Å². The quantitative estimate of drug-likeness (QED) is 0.875. The van der Waals surface area contributed by atoms with Gasteiger partial charge in [0.15, 0.2) is 17.4 Å². The number of halogens is 1. The Kier molecular flexibility index (Phi) is 3.71. The second-order valence-electron chi connectivity index (χ2n) is 3.62. The smallest absolute Gasteiger partial charge is 0.224 e. The maximum absolute atomic E-state index is 13.6. The Bertz CT molecular complexity index is 528. The van der Waals surface area contributed by atoms with Crippen LogP contribution in [0.1, 0.15) is 13.3 Å². The molecule has 2 heterocycles. The summed E-state index contributed by atoms with van der Waals surface area (Å²) in [5, 5.41) is 6.96. The van der Waals surface area contributed by atoms with E-state index in [4.69, 9.17) is 4.74 Å². The molecule has 0 fully saturated rings. The number of nitrogens with one attached hydrogen (secondary N) is 1. The van der Waals surface area contributed by atoms with Gasteiger partial charge in [0.1, 0.15) is 0 Å². The molecule has 0 saturated heterocycles. The average Bonchev–Trinajstić information content (AvgIpc) is 2.86. The molecule has 0 aromatic carbocycles. The number of rotatable bonds is 5. The highest BCUT2D eigenvalue weighted by molar-refractivity contribution is 5.33. The van der Waals surface area contributed by atoms with Crippen molar-refractivity contribution in [1.82, 2.24) is 19.7 Å². The van der Waals surface area contributed by atoms with Crippen LogP contribution >= 0.6 is 0 Å². The minimum Gasteiger partial charge on any atom is -0.493 e. The fourth-order valence-electron chi connectivity index (χ4n) is 1.37. The van der Waals surface area contributed by atoms with Crippen molar-refractivity contribution in [3.63, 3.8) is 0 Å². The highest BCUT2D eigenvalue weighted by atomic mass is 19.1. The van der Waals surface area contributed by atoms with Crippen molar-refractivity contribution in [2.45, 2.75) is 13.3 Å². The lowest BCUT2D eigenvalue weighted by molar-refractivity contribution is 0.414. The molecule has 0 aliphatic rings. The van der Waals surface area contributed by atoms with Crippen molar-refractivity contribution in [1.29, 1.82) is 0 Å².